The van der Waals surface area contributed by atoms with E-state index in [9.17, 15) is 0 Å². The average Bonchev–Trinajstić information content (AvgIpc) is 3.09. The van der Waals surface area contributed by atoms with Crippen molar-refractivity contribution >= 4 is 16.5 Å². The number of anilines is 1. The Morgan fingerprint density at radius 1 is 1.42 bits per heavy atom. The van der Waals surface area contributed by atoms with Crippen molar-refractivity contribution in [3.8, 4) is 0 Å². The van der Waals surface area contributed by atoms with Gasteiger partial charge in [0.15, 0.2) is 5.13 Å². The summed E-state index contributed by atoms with van der Waals surface area (Å²) in [5.74, 6) is 0.728. The molecule has 0 spiro atoms. The molecular weight excluding hydrogens is 254 g/mol. The Kier molecular flexibility index (Phi) is 4.21. The van der Waals surface area contributed by atoms with Crippen LogP contribution in [0.5, 0.6) is 0 Å². The molecule has 0 amide bonds. The Morgan fingerprint density at radius 3 is 2.53 bits per heavy atom. The molecule has 1 saturated carbocycles. The van der Waals surface area contributed by atoms with Gasteiger partial charge >= 0.3 is 0 Å². The lowest BCUT2D eigenvalue weighted by Crippen LogP contribution is -2.39. The van der Waals surface area contributed by atoms with E-state index < -0.39 is 0 Å². The molecule has 1 aliphatic carbocycles. The molecular formula is C15H27N3S. The first-order chi connectivity index (χ1) is 8.84. The maximum absolute atomic E-state index is 4.93. The van der Waals surface area contributed by atoms with Gasteiger partial charge in [-0.3, -0.25) is 0 Å². The van der Waals surface area contributed by atoms with Gasteiger partial charge in [-0.25, -0.2) is 4.98 Å². The lowest BCUT2D eigenvalue weighted by atomic mass is 9.87. The molecule has 0 aliphatic heterocycles. The lowest BCUT2D eigenvalue weighted by molar-refractivity contribution is 0.329. The SMILES string of the molecule is CNCc1sc(N(C)C(C)C(C)(C)C)nc1C1CC1. The standard InChI is InChI=1S/C15H27N3S/c1-10(15(2,3)4)18(6)14-17-13(11-7-8-11)12(19-14)9-16-5/h10-11,16H,7-9H2,1-6H3. The minimum Gasteiger partial charge on any atom is -0.348 e. The van der Waals surface area contributed by atoms with Gasteiger partial charge in [0.05, 0.1) is 5.69 Å². The zero-order valence-corrected chi connectivity index (χ0v) is 13.9. The highest BCUT2D eigenvalue weighted by molar-refractivity contribution is 7.15. The zero-order chi connectivity index (χ0) is 14.2. The van der Waals surface area contributed by atoms with Crippen LogP contribution in [0.25, 0.3) is 0 Å². The molecule has 1 aliphatic rings. The summed E-state index contributed by atoms with van der Waals surface area (Å²) in [6.07, 6.45) is 2.64. The molecule has 1 aromatic rings. The van der Waals surface area contributed by atoms with Crippen LogP contribution in [-0.4, -0.2) is 25.1 Å². The predicted molar refractivity (Wildman–Crippen MR) is 84.2 cm³/mol. The molecule has 1 fully saturated rings. The third kappa shape index (κ3) is 3.29. The molecule has 0 saturated heterocycles. The minimum atomic E-state index is 0.267. The van der Waals surface area contributed by atoms with E-state index in [4.69, 9.17) is 4.98 Å². The van der Waals surface area contributed by atoms with Crippen LogP contribution in [0, 0.1) is 5.41 Å². The van der Waals surface area contributed by atoms with Crippen molar-refractivity contribution in [2.45, 2.75) is 59.0 Å². The summed E-state index contributed by atoms with van der Waals surface area (Å²) in [6, 6.07) is 0.480. The smallest absolute Gasteiger partial charge is 0.185 e. The monoisotopic (exact) mass is 281 g/mol. The van der Waals surface area contributed by atoms with Crippen molar-refractivity contribution in [3.05, 3.63) is 10.6 Å². The predicted octanol–water partition coefficient (Wildman–Crippen LogP) is 3.61. The first-order valence-electron chi connectivity index (χ1n) is 7.21. The van der Waals surface area contributed by atoms with Crippen molar-refractivity contribution in [2.24, 2.45) is 5.41 Å². The second-order valence-electron chi connectivity index (χ2n) is 6.76. The van der Waals surface area contributed by atoms with Crippen LogP contribution in [0.1, 0.15) is 57.0 Å². The fraction of sp³-hybridized carbons (Fsp3) is 0.800. The Morgan fingerprint density at radius 2 is 2.05 bits per heavy atom. The maximum Gasteiger partial charge on any atom is 0.185 e. The quantitative estimate of drug-likeness (QED) is 0.893. The summed E-state index contributed by atoms with van der Waals surface area (Å²) >= 11 is 1.86. The number of thiazole rings is 1. The third-order valence-electron chi connectivity index (χ3n) is 4.15. The first-order valence-corrected chi connectivity index (χ1v) is 8.03. The van der Waals surface area contributed by atoms with Gasteiger partial charge in [0.2, 0.25) is 0 Å². The Hall–Kier alpha value is -0.610. The molecule has 3 nitrogen and oxygen atoms in total. The van der Waals surface area contributed by atoms with E-state index in [1.807, 2.05) is 18.4 Å². The first kappa shape index (κ1) is 14.8. The molecule has 4 heteroatoms. The van der Waals surface area contributed by atoms with E-state index in [1.165, 1.54) is 28.5 Å². The Bertz CT molecular complexity index is 429. The van der Waals surface area contributed by atoms with Gasteiger partial charge in [-0.05, 0) is 32.2 Å². The maximum atomic E-state index is 4.93. The van der Waals surface area contributed by atoms with Gasteiger partial charge in [0.25, 0.3) is 0 Å². The number of nitrogens with zero attached hydrogens (tertiary/aromatic N) is 2. The molecule has 19 heavy (non-hydrogen) atoms. The summed E-state index contributed by atoms with van der Waals surface area (Å²) < 4.78 is 0. The fourth-order valence-electron chi connectivity index (χ4n) is 2.21. The topological polar surface area (TPSA) is 28.2 Å². The van der Waals surface area contributed by atoms with E-state index in [-0.39, 0.29) is 5.41 Å². The van der Waals surface area contributed by atoms with Crippen LogP contribution >= 0.6 is 11.3 Å². The second kappa shape index (κ2) is 5.41. The summed E-state index contributed by atoms with van der Waals surface area (Å²) in [4.78, 5) is 8.70. The van der Waals surface area contributed by atoms with Crippen LogP contribution in [0.4, 0.5) is 5.13 Å². The highest BCUT2D eigenvalue weighted by Gasteiger charge is 2.32. The minimum absolute atomic E-state index is 0.267. The molecule has 2 rings (SSSR count). The molecule has 0 radical (unpaired) electrons. The van der Waals surface area contributed by atoms with E-state index >= 15 is 0 Å². The Labute approximate surface area is 121 Å². The largest absolute Gasteiger partial charge is 0.348 e. The highest BCUT2D eigenvalue weighted by Crippen LogP contribution is 2.44. The summed E-state index contributed by atoms with van der Waals surface area (Å²) in [5.41, 5.74) is 1.62. The summed E-state index contributed by atoms with van der Waals surface area (Å²) in [7, 11) is 4.19. The van der Waals surface area contributed by atoms with Crippen molar-refractivity contribution < 1.29 is 0 Å². The van der Waals surface area contributed by atoms with E-state index in [0.29, 0.717) is 6.04 Å². The number of rotatable bonds is 5. The van der Waals surface area contributed by atoms with Crippen molar-refractivity contribution in [1.82, 2.24) is 10.3 Å². The number of aromatic nitrogens is 1. The second-order valence-corrected chi connectivity index (χ2v) is 7.82. The molecule has 1 unspecified atom stereocenters. The van der Waals surface area contributed by atoms with Crippen LogP contribution in [0.3, 0.4) is 0 Å². The fourth-order valence-corrected chi connectivity index (χ4v) is 3.41. The zero-order valence-electron chi connectivity index (χ0n) is 13.1. The normalized spacial score (nSPS) is 17.6. The van der Waals surface area contributed by atoms with Crippen molar-refractivity contribution in [1.29, 1.82) is 0 Å². The van der Waals surface area contributed by atoms with E-state index in [1.54, 1.807) is 0 Å². The molecule has 0 bridgehead atoms. The molecule has 108 valence electrons. The van der Waals surface area contributed by atoms with Crippen LogP contribution < -0.4 is 10.2 Å². The molecule has 1 heterocycles. The van der Waals surface area contributed by atoms with Gasteiger partial charge in [-0.1, -0.05) is 20.8 Å². The number of hydrogen-bond acceptors (Lipinski definition) is 4. The lowest BCUT2D eigenvalue weighted by Gasteiger charge is -2.35. The number of nitrogens with one attached hydrogen (secondary N) is 1. The molecule has 1 N–H and O–H groups in total. The van der Waals surface area contributed by atoms with Gasteiger partial charge < -0.3 is 10.2 Å². The van der Waals surface area contributed by atoms with Crippen LogP contribution in [-0.2, 0) is 6.54 Å². The third-order valence-corrected chi connectivity index (χ3v) is 5.32. The van der Waals surface area contributed by atoms with Crippen LogP contribution in [0.2, 0.25) is 0 Å². The van der Waals surface area contributed by atoms with E-state index in [2.05, 4.69) is 45.0 Å². The van der Waals surface area contributed by atoms with Crippen molar-refractivity contribution in [3.63, 3.8) is 0 Å². The van der Waals surface area contributed by atoms with Crippen LogP contribution in [0.15, 0.2) is 0 Å². The summed E-state index contributed by atoms with van der Waals surface area (Å²) in [5, 5.41) is 4.45. The Balaban J connectivity index is 2.22. The van der Waals surface area contributed by atoms with Crippen molar-refractivity contribution in [2.75, 3.05) is 19.0 Å². The van der Waals surface area contributed by atoms with E-state index in [0.717, 1.165) is 12.5 Å². The van der Waals surface area contributed by atoms with Gasteiger partial charge in [0, 0.05) is 30.4 Å². The van der Waals surface area contributed by atoms with Gasteiger partial charge in [-0.2, -0.15) is 0 Å². The molecule has 0 aromatic carbocycles. The molecule has 1 atom stereocenters. The average molecular weight is 281 g/mol. The summed E-state index contributed by atoms with van der Waals surface area (Å²) in [6.45, 7) is 10.1. The molecule has 1 aromatic heterocycles. The van der Waals surface area contributed by atoms with Gasteiger partial charge in [-0.15, -0.1) is 11.3 Å². The number of hydrogen-bond donors (Lipinski definition) is 1. The highest BCUT2D eigenvalue weighted by atomic mass is 32.1. The van der Waals surface area contributed by atoms with Gasteiger partial charge in [0.1, 0.15) is 0 Å².